The van der Waals surface area contributed by atoms with E-state index in [1.165, 1.54) is 19.1 Å². The number of hydrogen-bond acceptors (Lipinski definition) is 6. The summed E-state index contributed by atoms with van der Waals surface area (Å²) in [6, 6.07) is 19.1. The Labute approximate surface area is 209 Å². The highest BCUT2D eigenvalue weighted by Crippen LogP contribution is 2.30. The predicted molar refractivity (Wildman–Crippen MR) is 134 cm³/mol. The number of ether oxygens (including phenoxy) is 3. The first kappa shape index (κ1) is 26.5. The normalized spacial score (nSPS) is 11.4. The number of halogens is 1. The number of aliphatic hydroxyl groups is 1. The molecular formula is C29H27FO6. The fraction of sp³-hybridized carbons (Fsp3) is 0.172. The topological polar surface area (TPSA) is 82.1 Å². The van der Waals surface area contributed by atoms with Crippen LogP contribution >= 0.6 is 0 Å². The second kappa shape index (κ2) is 12.1. The Bertz CT molecular complexity index is 1280. The van der Waals surface area contributed by atoms with Crippen LogP contribution in [0.5, 0.6) is 5.75 Å². The molecule has 7 heteroatoms. The fourth-order valence-corrected chi connectivity index (χ4v) is 3.18. The average molecular weight is 491 g/mol. The Morgan fingerprint density at radius 2 is 1.42 bits per heavy atom. The van der Waals surface area contributed by atoms with Crippen LogP contribution in [-0.4, -0.2) is 30.3 Å². The molecule has 1 unspecified atom stereocenters. The first-order valence-corrected chi connectivity index (χ1v) is 11.2. The lowest BCUT2D eigenvalue weighted by Crippen LogP contribution is -2.13. The molecule has 3 aromatic rings. The first-order chi connectivity index (χ1) is 17.2. The van der Waals surface area contributed by atoms with E-state index in [1.807, 2.05) is 36.4 Å². The van der Waals surface area contributed by atoms with Crippen LogP contribution in [-0.2, 0) is 19.1 Å². The van der Waals surface area contributed by atoms with Crippen molar-refractivity contribution in [2.24, 2.45) is 0 Å². The standard InChI is InChI=1S/C29H27FO6/c1-18(2)27(31)34-14-15-35-29(33)21-10-8-20(9-11-21)22-6-5-7-23(16-22)24-12-13-26(25(30)17-24)36-28(32)19(3)4/h5-13,16-17,29,33H,1,3,14-15H2,2,4H3. The lowest BCUT2D eigenvalue weighted by molar-refractivity contribution is -0.147. The number of esters is 2. The molecule has 0 bridgehead atoms. The van der Waals surface area contributed by atoms with Gasteiger partial charge in [0.05, 0.1) is 6.61 Å². The number of benzene rings is 3. The highest BCUT2D eigenvalue weighted by Gasteiger charge is 2.13. The second-order valence-corrected chi connectivity index (χ2v) is 8.16. The quantitative estimate of drug-likeness (QED) is 0.128. The monoisotopic (exact) mass is 490 g/mol. The molecule has 6 nitrogen and oxygen atoms in total. The van der Waals surface area contributed by atoms with Crippen molar-refractivity contribution >= 4 is 11.9 Å². The van der Waals surface area contributed by atoms with E-state index in [4.69, 9.17) is 14.2 Å². The molecule has 0 aliphatic rings. The number of carbonyl (C=O) groups is 2. The largest absolute Gasteiger partial charge is 0.460 e. The van der Waals surface area contributed by atoms with Gasteiger partial charge in [-0.05, 0) is 54.3 Å². The van der Waals surface area contributed by atoms with Gasteiger partial charge in [0.2, 0.25) is 0 Å². The van der Waals surface area contributed by atoms with E-state index in [1.54, 1.807) is 25.1 Å². The Morgan fingerprint density at radius 3 is 2.03 bits per heavy atom. The summed E-state index contributed by atoms with van der Waals surface area (Å²) in [6.45, 7) is 10.1. The van der Waals surface area contributed by atoms with Gasteiger partial charge in [-0.3, -0.25) is 0 Å². The summed E-state index contributed by atoms with van der Waals surface area (Å²) in [5.41, 5.74) is 4.19. The molecule has 0 aromatic heterocycles. The summed E-state index contributed by atoms with van der Waals surface area (Å²) in [4.78, 5) is 23.0. The molecule has 3 rings (SSSR count). The van der Waals surface area contributed by atoms with E-state index in [2.05, 4.69) is 13.2 Å². The Hall–Kier alpha value is -4.07. The van der Waals surface area contributed by atoms with Crippen LogP contribution in [0.2, 0.25) is 0 Å². The van der Waals surface area contributed by atoms with Gasteiger partial charge in [0, 0.05) is 16.7 Å². The summed E-state index contributed by atoms with van der Waals surface area (Å²) in [5, 5.41) is 10.2. The van der Waals surface area contributed by atoms with Crippen molar-refractivity contribution in [3.63, 3.8) is 0 Å². The molecule has 0 fully saturated rings. The van der Waals surface area contributed by atoms with E-state index in [9.17, 15) is 19.1 Å². The van der Waals surface area contributed by atoms with Gasteiger partial charge in [-0.25, -0.2) is 14.0 Å². The third-order valence-corrected chi connectivity index (χ3v) is 5.15. The van der Waals surface area contributed by atoms with Crippen molar-refractivity contribution in [1.29, 1.82) is 0 Å². The molecule has 1 atom stereocenters. The lowest BCUT2D eigenvalue weighted by atomic mass is 9.98. The molecule has 186 valence electrons. The van der Waals surface area contributed by atoms with Crippen LogP contribution in [0.4, 0.5) is 4.39 Å². The van der Waals surface area contributed by atoms with E-state index in [0.29, 0.717) is 16.7 Å². The number of carbonyl (C=O) groups excluding carboxylic acids is 2. The third kappa shape index (κ3) is 6.97. The molecule has 0 spiro atoms. The van der Waals surface area contributed by atoms with Crippen molar-refractivity contribution < 1.29 is 33.3 Å². The molecule has 0 amide bonds. The van der Waals surface area contributed by atoms with Crippen molar-refractivity contribution in [3.05, 3.63) is 102 Å². The van der Waals surface area contributed by atoms with Gasteiger partial charge in [0.25, 0.3) is 0 Å². The highest BCUT2D eigenvalue weighted by atomic mass is 19.1. The number of hydrogen-bond donors (Lipinski definition) is 1. The third-order valence-electron chi connectivity index (χ3n) is 5.15. The summed E-state index contributed by atoms with van der Waals surface area (Å²) < 4.78 is 29.8. The second-order valence-electron chi connectivity index (χ2n) is 8.16. The van der Waals surface area contributed by atoms with Gasteiger partial charge in [-0.15, -0.1) is 0 Å². The maximum Gasteiger partial charge on any atom is 0.338 e. The molecule has 0 saturated heterocycles. The van der Waals surface area contributed by atoms with Crippen molar-refractivity contribution in [3.8, 4) is 28.0 Å². The number of rotatable bonds is 10. The van der Waals surface area contributed by atoms with Gasteiger partial charge >= 0.3 is 11.9 Å². The lowest BCUT2D eigenvalue weighted by Gasteiger charge is -2.13. The maximum absolute atomic E-state index is 14.5. The van der Waals surface area contributed by atoms with Crippen molar-refractivity contribution in [2.75, 3.05) is 13.2 Å². The maximum atomic E-state index is 14.5. The minimum atomic E-state index is -1.17. The van der Waals surface area contributed by atoms with Crippen LogP contribution in [0.15, 0.2) is 91.0 Å². The Kier molecular flexibility index (Phi) is 8.89. The van der Waals surface area contributed by atoms with Crippen molar-refractivity contribution in [2.45, 2.75) is 20.1 Å². The first-order valence-electron chi connectivity index (χ1n) is 11.2. The molecule has 1 N–H and O–H groups in total. The van der Waals surface area contributed by atoms with Gasteiger partial charge < -0.3 is 19.3 Å². The van der Waals surface area contributed by atoms with E-state index < -0.39 is 24.0 Å². The van der Waals surface area contributed by atoms with E-state index in [0.717, 1.165) is 16.7 Å². The van der Waals surface area contributed by atoms with Crippen LogP contribution in [0.25, 0.3) is 22.3 Å². The van der Waals surface area contributed by atoms with Crippen LogP contribution in [0.1, 0.15) is 25.7 Å². The predicted octanol–water partition coefficient (Wildman–Crippen LogP) is 5.77. The summed E-state index contributed by atoms with van der Waals surface area (Å²) in [6.07, 6.45) is -1.17. The van der Waals surface area contributed by atoms with Gasteiger partial charge in [-0.2, -0.15) is 0 Å². The van der Waals surface area contributed by atoms with E-state index in [-0.39, 0.29) is 24.5 Å². The smallest absolute Gasteiger partial charge is 0.338 e. The van der Waals surface area contributed by atoms with Crippen LogP contribution in [0, 0.1) is 5.82 Å². The van der Waals surface area contributed by atoms with Crippen molar-refractivity contribution in [1.82, 2.24) is 0 Å². The van der Waals surface area contributed by atoms with Crippen LogP contribution < -0.4 is 4.74 Å². The van der Waals surface area contributed by atoms with Crippen LogP contribution in [0.3, 0.4) is 0 Å². The molecule has 36 heavy (non-hydrogen) atoms. The molecule has 0 aliphatic heterocycles. The zero-order valence-electron chi connectivity index (χ0n) is 20.1. The zero-order valence-corrected chi connectivity index (χ0v) is 20.1. The number of aliphatic hydroxyl groups excluding tert-OH is 1. The van der Waals surface area contributed by atoms with Gasteiger partial charge in [-0.1, -0.05) is 61.7 Å². The summed E-state index contributed by atoms with van der Waals surface area (Å²) in [5.74, 6) is -2.01. The molecule has 3 aromatic carbocycles. The minimum Gasteiger partial charge on any atom is -0.460 e. The molecule has 0 aliphatic carbocycles. The molecule has 0 heterocycles. The fourth-order valence-electron chi connectivity index (χ4n) is 3.18. The van der Waals surface area contributed by atoms with E-state index >= 15 is 0 Å². The zero-order chi connectivity index (χ0) is 26.2. The minimum absolute atomic E-state index is 0.00549. The Morgan fingerprint density at radius 1 is 0.833 bits per heavy atom. The van der Waals surface area contributed by atoms with Gasteiger partial charge in [0.1, 0.15) is 6.61 Å². The van der Waals surface area contributed by atoms with Gasteiger partial charge in [0.15, 0.2) is 17.9 Å². The highest BCUT2D eigenvalue weighted by molar-refractivity contribution is 5.89. The summed E-state index contributed by atoms with van der Waals surface area (Å²) >= 11 is 0. The average Bonchev–Trinajstić information content (AvgIpc) is 2.87. The summed E-state index contributed by atoms with van der Waals surface area (Å²) in [7, 11) is 0. The SMILES string of the molecule is C=C(C)C(=O)OCCOC(O)c1ccc(-c2cccc(-c3ccc(OC(=O)C(=C)C)c(F)c3)c2)cc1. The Balaban J connectivity index is 1.67. The molecular weight excluding hydrogens is 463 g/mol. The molecule has 0 saturated carbocycles. The molecule has 0 radical (unpaired) electrons.